The zero-order valence-corrected chi connectivity index (χ0v) is 14.9. The Morgan fingerprint density at radius 1 is 0.880 bits per heavy atom. The quantitative estimate of drug-likeness (QED) is 0.857. The van der Waals surface area contributed by atoms with Gasteiger partial charge in [-0.2, -0.15) is 0 Å². The molecular weight excluding hydrogens is 312 g/mol. The van der Waals surface area contributed by atoms with E-state index >= 15 is 0 Å². The van der Waals surface area contributed by atoms with E-state index in [1.54, 1.807) is 0 Å². The first-order valence-electron chi connectivity index (χ1n) is 9.32. The number of ether oxygens (including phenoxy) is 1. The molecule has 4 rings (SSSR count). The molecule has 0 unspecified atom stereocenters. The summed E-state index contributed by atoms with van der Waals surface area (Å²) in [6.07, 6.45) is 2.51. The van der Waals surface area contributed by atoms with Crippen molar-refractivity contribution in [1.82, 2.24) is 15.1 Å². The predicted molar refractivity (Wildman–Crippen MR) is 99.7 cm³/mol. The zero-order valence-electron chi connectivity index (χ0n) is 14.9. The monoisotopic (exact) mass is 338 g/mol. The summed E-state index contributed by atoms with van der Waals surface area (Å²) in [5, 5.41) is 8.86. The number of anilines is 1. The summed E-state index contributed by atoms with van der Waals surface area (Å²) in [6.45, 7) is 8.15. The van der Waals surface area contributed by atoms with E-state index in [1.165, 1.54) is 18.4 Å². The number of morpholine rings is 1. The second-order valence-electron chi connectivity index (χ2n) is 6.92. The maximum Gasteiger partial charge on any atom is 0.151 e. The molecule has 1 atom stereocenters. The summed E-state index contributed by atoms with van der Waals surface area (Å²) in [4.78, 5) is 4.78. The van der Waals surface area contributed by atoms with Crippen LogP contribution < -0.4 is 4.90 Å². The van der Waals surface area contributed by atoms with Crippen molar-refractivity contribution in [3.05, 3.63) is 42.0 Å². The highest BCUT2D eigenvalue weighted by atomic mass is 16.5. The molecule has 2 aliphatic rings. The summed E-state index contributed by atoms with van der Waals surface area (Å²) in [6, 6.07) is 13.3. The largest absolute Gasteiger partial charge is 0.379 e. The SMILES string of the molecule is C[C@H](c1ccc(-c2ccc(N3CCCC3)nn2)cc1)N1CCOCC1. The summed E-state index contributed by atoms with van der Waals surface area (Å²) in [5.41, 5.74) is 3.40. The molecule has 2 saturated heterocycles. The number of rotatable bonds is 4. The fraction of sp³-hybridized carbons (Fsp3) is 0.500. The van der Waals surface area contributed by atoms with E-state index in [1.807, 2.05) is 0 Å². The maximum atomic E-state index is 5.45. The van der Waals surface area contributed by atoms with Crippen LogP contribution in [0.15, 0.2) is 36.4 Å². The van der Waals surface area contributed by atoms with Crippen LogP contribution in [0.2, 0.25) is 0 Å². The van der Waals surface area contributed by atoms with E-state index in [0.717, 1.165) is 56.5 Å². The molecule has 1 aromatic carbocycles. The van der Waals surface area contributed by atoms with E-state index in [4.69, 9.17) is 4.74 Å². The molecule has 0 radical (unpaired) electrons. The Balaban J connectivity index is 1.46. The standard InChI is InChI=1S/C20H26N4O/c1-16(23-12-14-25-15-13-23)17-4-6-18(7-5-17)19-8-9-20(22-21-19)24-10-2-3-11-24/h4-9,16H,2-3,10-15H2,1H3/t16-/m1/s1. The lowest BCUT2D eigenvalue weighted by atomic mass is 10.0. The molecule has 25 heavy (non-hydrogen) atoms. The van der Waals surface area contributed by atoms with Crippen LogP contribution in [0, 0.1) is 0 Å². The Morgan fingerprint density at radius 2 is 1.60 bits per heavy atom. The topological polar surface area (TPSA) is 41.5 Å². The zero-order chi connectivity index (χ0) is 17.1. The maximum absolute atomic E-state index is 5.45. The Kier molecular flexibility index (Phi) is 4.95. The fourth-order valence-electron chi connectivity index (χ4n) is 3.70. The lowest BCUT2D eigenvalue weighted by molar-refractivity contribution is 0.0198. The smallest absolute Gasteiger partial charge is 0.151 e. The van der Waals surface area contributed by atoms with Gasteiger partial charge in [0.1, 0.15) is 0 Å². The predicted octanol–water partition coefficient (Wildman–Crippen LogP) is 3.14. The van der Waals surface area contributed by atoms with Crippen molar-refractivity contribution < 1.29 is 4.74 Å². The summed E-state index contributed by atoms with van der Waals surface area (Å²) < 4.78 is 5.45. The number of benzene rings is 1. The van der Waals surface area contributed by atoms with Crippen LogP contribution in [0.4, 0.5) is 5.82 Å². The molecule has 3 heterocycles. The van der Waals surface area contributed by atoms with Gasteiger partial charge in [-0.05, 0) is 37.5 Å². The van der Waals surface area contributed by atoms with Crippen molar-refractivity contribution in [1.29, 1.82) is 0 Å². The third-order valence-corrected chi connectivity index (χ3v) is 5.36. The van der Waals surface area contributed by atoms with Gasteiger partial charge in [-0.3, -0.25) is 4.90 Å². The van der Waals surface area contributed by atoms with Gasteiger partial charge in [0.2, 0.25) is 0 Å². The lowest BCUT2D eigenvalue weighted by Gasteiger charge is -2.32. The lowest BCUT2D eigenvalue weighted by Crippen LogP contribution is -2.37. The van der Waals surface area contributed by atoms with E-state index in [2.05, 4.69) is 63.3 Å². The molecule has 5 nitrogen and oxygen atoms in total. The van der Waals surface area contributed by atoms with Gasteiger partial charge in [-0.15, -0.1) is 10.2 Å². The molecule has 0 amide bonds. The molecule has 2 fully saturated rings. The minimum Gasteiger partial charge on any atom is -0.379 e. The number of hydrogen-bond acceptors (Lipinski definition) is 5. The number of aromatic nitrogens is 2. The van der Waals surface area contributed by atoms with Crippen LogP contribution in [0.25, 0.3) is 11.3 Å². The summed E-state index contributed by atoms with van der Waals surface area (Å²) in [5.74, 6) is 0.999. The summed E-state index contributed by atoms with van der Waals surface area (Å²) in [7, 11) is 0. The first-order valence-corrected chi connectivity index (χ1v) is 9.32. The Morgan fingerprint density at radius 3 is 2.24 bits per heavy atom. The summed E-state index contributed by atoms with van der Waals surface area (Å²) >= 11 is 0. The normalized spacial score (nSPS) is 20.0. The van der Waals surface area contributed by atoms with Crippen LogP contribution in [0.5, 0.6) is 0 Å². The van der Waals surface area contributed by atoms with Gasteiger partial charge in [-0.1, -0.05) is 24.3 Å². The van der Waals surface area contributed by atoms with Gasteiger partial charge in [0, 0.05) is 37.8 Å². The van der Waals surface area contributed by atoms with Gasteiger partial charge in [-0.25, -0.2) is 0 Å². The van der Waals surface area contributed by atoms with Crippen molar-refractivity contribution in [3.63, 3.8) is 0 Å². The number of hydrogen-bond donors (Lipinski definition) is 0. The van der Waals surface area contributed by atoms with E-state index < -0.39 is 0 Å². The van der Waals surface area contributed by atoms with Crippen molar-refractivity contribution in [2.75, 3.05) is 44.3 Å². The molecule has 0 bridgehead atoms. The van der Waals surface area contributed by atoms with Gasteiger partial charge >= 0.3 is 0 Å². The van der Waals surface area contributed by atoms with Gasteiger partial charge in [0.15, 0.2) is 5.82 Å². The van der Waals surface area contributed by atoms with Gasteiger partial charge in [0.05, 0.1) is 18.9 Å². The average Bonchev–Trinajstić information content (AvgIpc) is 3.23. The van der Waals surface area contributed by atoms with Crippen LogP contribution in [0.3, 0.4) is 0 Å². The fourth-order valence-corrected chi connectivity index (χ4v) is 3.70. The van der Waals surface area contributed by atoms with E-state index in [-0.39, 0.29) is 0 Å². The van der Waals surface area contributed by atoms with Crippen molar-refractivity contribution in [2.24, 2.45) is 0 Å². The minimum atomic E-state index is 0.418. The molecule has 1 aromatic heterocycles. The van der Waals surface area contributed by atoms with Crippen LogP contribution in [-0.4, -0.2) is 54.5 Å². The average molecular weight is 338 g/mol. The van der Waals surface area contributed by atoms with Gasteiger partial charge < -0.3 is 9.64 Å². The van der Waals surface area contributed by atoms with E-state index in [9.17, 15) is 0 Å². The van der Waals surface area contributed by atoms with Crippen LogP contribution >= 0.6 is 0 Å². The Hall–Kier alpha value is -1.98. The highest BCUT2D eigenvalue weighted by Gasteiger charge is 2.18. The molecule has 2 aromatic rings. The van der Waals surface area contributed by atoms with Crippen molar-refractivity contribution >= 4 is 5.82 Å². The Bertz CT molecular complexity index is 674. The molecular formula is C20H26N4O. The first-order chi connectivity index (χ1) is 12.3. The minimum absolute atomic E-state index is 0.418. The Labute approximate surface area is 149 Å². The molecule has 0 aliphatic carbocycles. The molecule has 132 valence electrons. The number of nitrogens with zero attached hydrogens (tertiary/aromatic N) is 4. The van der Waals surface area contributed by atoms with Gasteiger partial charge in [0.25, 0.3) is 0 Å². The van der Waals surface area contributed by atoms with E-state index in [0.29, 0.717) is 6.04 Å². The molecule has 0 spiro atoms. The molecule has 0 N–H and O–H groups in total. The molecule has 5 heteroatoms. The van der Waals surface area contributed by atoms with Crippen molar-refractivity contribution in [3.8, 4) is 11.3 Å². The molecule has 0 saturated carbocycles. The van der Waals surface area contributed by atoms with Crippen LogP contribution in [0.1, 0.15) is 31.4 Å². The third kappa shape index (κ3) is 3.67. The third-order valence-electron chi connectivity index (χ3n) is 5.36. The second kappa shape index (κ2) is 7.50. The second-order valence-corrected chi connectivity index (χ2v) is 6.92. The first kappa shape index (κ1) is 16.5. The molecule has 2 aliphatic heterocycles. The van der Waals surface area contributed by atoms with Crippen LogP contribution in [-0.2, 0) is 4.74 Å². The van der Waals surface area contributed by atoms with Crippen molar-refractivity contribution in [2.45, 2.75) is 25.8 Å². The highest BCUT2D eigenvalue weighted by Crippen LogP contribution is 2.25. The highest BCUT2D eigenvalue weighted by molar-refractivity contribution is 5.60.